The molecular formula is C19H24FN3O. The van der Waals surface area contributed by atoms with Crippen molar-refractivity contribution in [3.8, 4) is 5.69 Å². The quantitative estimate of drug-likeness (QED) is 0.839. The standard InChI is InChI=1S/C19H24FN3O/c1-13(2)8-16-21-17(9-19-10-18(3,11-19)24-12-19)23(22-16)15-6-4-14(20)5-7-15/h4-7,13H,8-12H2,1-3H3. The maximum absolute atomic E-state index is 13.3. The van der Waals surface area contributed by atoms with Crippen LogP contribution < -0.4 is 0 Å². The monoisotopic (exact) mass is 329 g/mol. The molecule has 0 N–H and O–H groups in total. The van der Waals surface area contributed by atoms with E-state index in [-0.39, 0.29) is 16.8 Å². The zero-order valence-corrected chi connectivity index (χ0v) is 14.6. The van der Waals surface area contributed by atoms with Gasteiger partial charge in [0.05, 0.1) is 17.9 Å². The minimum absolute atomic E-state index is 0.0709. The van der Waals surface area contributed by atoms with Crippen molar-refractivity contribution in [2.75, 3.05) is 6.61 Å². The third-order valence-electron chi connectivity index (χ3n) is 5.14. The molecule has 2 aliphatic heterocycles. The van der Waals surface area contributed by atoms with Crippen molar-refractivity contribution in [3.05, 3.63) is 41.7 Å². The topological polar surface area (TPSA) is 39.9 Å². The van der Waals surface area contributed by atoms with Crippen molar-refractivity contribution < 1.29 is 9.13 Å². The molecule has 3 aliphatic rings. The van der Waals surface area contributed by atoms with E-state index in [0.717, 1.165) is 49.6 Å². The van der Waals surface area contributed by atoms with Crippen LogP contribution in [-0.4, -0.2) is 27.0 Å². The fourth-order valence-electron chi connectivity index (χ4n) is 4.32. The summed E-state index contributed by atoms with van der Waals surface area (Å²) in [5.74, 6) is 2.09. The van der Waals surface area contributed by atoms with Crippen molar-refractivity contribution in [2.24, 2.45) is 11.3 Å². The van der Waals surface area contributed by atoms with Crippen LogP contribution in [-0.2, 0) is 17.6 Å². The summed E-state index contributed by atoms with van der Waals surface area (Å²) in [5.41, 5.74) is 1.14. The number of ether oxygens (including phenoxy) is 1. The largest absolute Gasteiger partial charge is 0.375 e. The molecule has 128 valence electrons. The highest BCUT2D eigenvalue weighted by Crippen LogP contribution is 2.58. The minimum Gasteiger partial charge on any atom is -0.375 e. The zero-order valence-electron chi connectivity index (χ0n) is 14.6. The second kappa shape index (κ2) is 5.38. The van der Waals surface area contributed by atoms with E-state index in [9.17, 15) is 4.39 Å². The normalized spacial score (nSPS) is 28.4. The van der Waals surface area contributed by atoms with Crippen LogP contribution in [0.1, 0.15) is 45.3 Å². The van der Waals surface area contributed by atoms with E-state index in [2.05, 4.69) is 20.8 Å². The Morgan fingerprint density at radius 2 is 1.96 bits per heavy atom. The SMILES string of the molecule is CC(C)Cc1nc(CC23COC(C)(C2)C3)n(-c2ccc(F)cc2)n1. The van der Waals surface area contributed by atoms with Gasteiger partial charge in [0.2, 0.25) is 0 Å². The minimum atomic E-state index is -0.236. The molecule has 5 heteroatoms. The highest BCUT2D eigenvalue weighted by molar-refractivity contribution is 5.32. The summed E-state index contributed by atoms with van der Waals surface area (Å²) in [4.78, 5) is 4.81. The predicted octanol–water partition coefficient (Wildman–Crippen LogP) is 3.72. The van der Waals surface area contributed by atoms with Gasteiger partial charge in [-0.05, 0) is 49.9 Å². The van der Waals surface area contributed by atoms with Crippen LogP contribution in [0.4, 0.5) is 4.39 Å². The van der Waals surface area contributed by atoms with Crippen LogP contribution in [0, 0.1) is 17.2 Å². The number of nitrogens with zero attached hydrogens (tertiary/aromatic N) is 3. The van der Waals surface area contributed by atoms with Gasteiger partial charge in [-0.2, -0.15) is 5.10 Å². The van der Waals surface area contributed by atoms with Gasteiger partial charge in [0.15, 0.2) is 5.82 Å². The number of benzene rings is 1. The first-order chi connectivity index (χ1) is 11.4. The van der Waals surface area contributed by atoms with Gasteiger partial charge < -0.3 is 4.74 Å². The van der Waals surface area contributed by atoms with E-state index >= 15 is 0 Å². The summed E-state index contributed by atoms with van der Waals surface area (Å²) < 4.78 is 21.1. The molecule has 1 saturated carbocycles. The second-order valence-electron chi connectivity index (χ2n) is 8.20. The molecule has 0 amide bonds. The van der Waals surface area contributed by atoms with Crippen LogP contribution in [0.5, 0.6) is 0 Å². The van der Waals surface area contributed by atoms with Crippen LogP contribution >= 0.6 is 0 Å². The third kappa shape index (κ3) is 2.75. The summed E-state index contributed by atoms with van der Waals surface area (Å²) in [7, 11) is 0. The molecule has 1 aromatic carbocycles. The Kier molecular flexibility index (Phi) is 3.53. The lowest BCUT2D eigenvalue weighted by Crippen LogP contribution is -2.43. The smallest absolute Gasteiger partial charge is 0.151 e. The highest BCUT2D eigenvalue weighted by Gasteiger charge is 2.59. The molecule has 2 bridgehead atoms. The van der Waals surface area contributed by atoms with E-state index in [0.29, 0.717) is 5.92 Å². The molecule has 0 unspecified atom stereocenters. The van der Waals surface area contributed by atoms with E-state index in [1.165, 1.54) is 12.1 Å². The average molecular weight is 329 g/mol. The van der Waals surface area contributed by atoms with Crippen molar-refractivity contribution in [2.45, 2.75) is 52.1 Å². The Bertz CT molecular complexity index is 744. The Morgan fingerprint density at radius 1 is 1.25 bits per heavy atom. The molecule has 0 atom stereocenters. The van der Waals surface area contributed by atoms with Crippen molar-refractivity contribution in [1.29, 1.82) is 0 Å². The molecule has 3 fully saturated rings. The first kappa shape index (κ1) is 15.8. The number of hydrogen-bond acceptors (Lipinski definition) is 3. The molecule has 0 radical (unpaired) electrons. The van der Waals surface area contributed by atoms with Gasteiger partial charge in [-0.1, -0.05) is 13.8 Å². The summed E-state index contributed by atoms with van der Waals surface area (Å²) in [6.45, 7) is 7.32. The Morgan fingerprint density at radius 3 is 2.54 bits per heavy atom. The molecule has 4 nitrogen and oxygen atoms in total. The molecule has 24 heavy (non-hydrogen) atoms. The molecule has 1 aromatic heterocycles. The number of rotatable bonds is 5. The molecule has 2 aromatic rings. The van der Waals surface area contributed by atoms with Crippen molar-refractivity contribution >= 4 is 0 Å². The second-order valence-corrected chi connectivity index (χ2v) is 8.20. The molecule has 3 heterocycles. The van der Waals surface area contributed by atoms with E-state index in [1.54, 1.807) is 12.1 Å². The first-order valence-corrected chi connectivity index (χ1v) is 8.71. The van der Waals surface area contributed by atoms with Crippen molar-refractivity contribution in [3.63, 3.8) is 0 Å². The summed E-state index contributed by atoms with van der Waals surface area (Å²) in [5, 5.41) is 4.70. The van der Waals surface area contributed by atoms with Gasteiger partial charge in [0, 0.05) is 18.3 Å². The Balaban J connectivity index is 1.66. The molecule has 0 spiro atoms. The van der Waals surface area contributed by atoms with Gasteiger partial charge in [-0.3, -0.25) is 0 Å². The number of fused-ring (bicyclic) bond motifs is 1. The Labute approximate surface area is 142 Å². The number of halogens is 1. The summed E-state index contributed by atoms with van der Waals surface area (Å²) in [6, 6.07) is 6.47. The van der Waals surface area contributed by atoms with Crippen molar-refractivity contribution in [1.82, 2.24) is 14.8 Å². The van der Waals surface area contributed by atoms with Gasteiger partial charge in [0.1, 0.15) is 11.6 Å². The number of aromatic nitrogens is 3. The fraction of sp³-hybridized carbons (Fsp3) is 0.579. The van der Waals surface area contributed by atoms with Crippen LogP contribution in [0.2, 0.25) is 0 Å². The van der Waals surface area contributed by atoms with Crippen LogP contribution in [0.3, 0.4) is 0 Å². The van der Waals surface area contributed by atoms with Crippen LogP contribution in [0.15, 0.2) is 24.3 Å². The predicted molar refractivity (Wildman–Crippen MR) is 89.6 cm³/mol. The molecular weight excluding hydrogens is 305 g/mol. The summed E-state index contributed by atoms with van der Waals surface area (Å²) >= 11 is 0. The molecule has 1 aliphatic carbocycles. The maximum Gasteiger partial charge on any atom is 0.151 e. The lowest BCUT2D eigenvalue weighted by molar-refractivity contribution is 0.00298. The zero-order chi connectivity index (χ0) is 16.9. The van der Waals surface area contributed by atoms with Gasteiger partial charge in [0.25, 0.3) is 0 Å². The average Bonchev–Trinajstić information content (AvgIpc) is 3.10. The highest BCUT2D eigenvalue weighted by atomic mass is 19.1. The molecule has 5 rings (SSSR count). The number of hydrogen-bond donors (Lipinski definition) is 0. The van der Waals surface area contributed by atoms with E-state index in [4.69, 9.17) is 14.8 Å². The van der Waals surface area contributed by atoms with E-state index in [1.807, 2.05) is 4.68 Å². The lowest BCUT2D eigenvalue weighted by Gasteiger charge is -2.42. The van der Waals surface area contributed by atoms with E-state index < -0.39 is 0 Å². The van der Waals surface area contributed by atoms with Gasteiger partial charge >= 0.3 is 0 Å². The fourth-order valence-corrected chi connectivity index (χ4v) is 4.32. The summed E-state index contributed by atoms with van der Waals surface area (Å²) in [6.07, 6.45) is 3.90. The van der Waals surface area contributed by atoms with Crippen LogP contribution in [0.25, 0.3) is 5.69 Å². The molecule has 2 saturated heterocycles. The maximum atomic E-state index is 13.3. The van der Waals surface area contributed by atoms with Gasteiger partial charge in [-0.15, -0.1) is 0 Å². The first-order valence-electron chi connectivity index (χ1n) is 8.71. The Hall–Kier alpha value is -1.75. The third-order valence-corrected chi connectivity index (χ3v) is 5.14. The lowest BCUT2D eigenvalue weighted by atomic mass is 9.61. The van der Waals surface area contributed by atoms with Gasteiger partial charge in [-0.25, -0.2) is 14.1 Å².